The van der Waals surface area contributed by atoms with E-state index in [0.717, 1.165) is 78.0 Å². The molecule has 0 saturated carbocycles. The van der Waals surface area contributed by atoms with Crippen LogP contribution >= 0.6 is 0 Å². The van der Waals surface area contributed by atoms with Crippen molar-refractivity contribution in [3.8, 4) is 62.1 Å². The third-order valence-corrected chi connectivity index (χ3v) is 13.1. The summed E-state index contributed by atoms with van der Waals surface area (Å²) in [6.45, 7) is 13.6. The fraction of sp³-hybridized carbons (Fsp3) is 0.138. The Balaban J connectivity index is 1.11. The smallest absolute Gasteiger partial charge is 0.146 e. The second-order valence-electron chi connectivity index (χ2n) is 19.0. The van der Waals surface area contributed by atoms with Crippen molar-refractivity contribution < 1.29 is 4.74 Å². The Bertz CT molecular complexity index is 3680. The lowest BCUT2D eigenvalue weighted by Gasteiger charge is -2.27. The predicted molar refractivity (Wildman–Crippen MR) is 262 cm³/mol. The zero-order chi connectivity index (χ0) is 42.8. The molecule has 1 aliphatic carbocycles. The van der Waals surface area contributed by atoms with E-state index in [0.29, 0.717) is 0 Å². The lowest BCUT2D eigenvalue weighted by Crippen LogP contribution is -2.14. The first-order valence-corrected chi connectivity index (χ1v) is 21.9. The lowest BCUT2D eigenvalue weighted by molar-refractivity contribution is 0.484. The van der Waals surface area contributed by atoms with E-state index in [1.54, 1.807) is 0 Å². The molecule has 11 aromatic rings. The summed E-state index contributed by atoms with van der Waals surface area (Å²) in [5, 5.41) is 5.65. The summed E-state index contributed by atoms with van der Waals surface area (Å²) in [4.78, 5) is 10.7. The molecule has 0 aliphatic heterocycles. The molecule has 0 unspecified atom stereocenters. The monoisotopic (exact) mass is 814 g/mol. The summed E-state index contributed by atoms with van der Waals surface area (Å²) >= 11 is 0. The van der Waals surface area contributed by atoms with Crippen LogP contribution in [0.5, 0.6) is 11.5 Å². The zero-order valence-corrected chi connectivity index (χ0v) is 36.4. The fourth-order valence-electron chi connectivity index (χ4n) is 10.1. The van der Waals surface area contributed by atoms with Gasteiger partial charge in [0.2, 0.25) is 0 Å². The van der Waals surface area contributed by atoms with Gasteiger partial charge in [0.15, 0.2) is 0 Å². The van der Waals surface area contributed by atoms with Gasteiger partial charge >= 0.3 is 0 Å². The van der Waals surface area contributed by atoms with Crippen LogP contribution in [0.25, 0.3) is 99.7 Å². The van der Waals surface area contributed by atoms with Crippen LogP contribution in [-0.2, 0) is 10.8 Å². The molecule has 0 atom stereocenters. The van der Waals surface area contributed by atoms with Crippen LogP contribution < -0.4 is 4.74 Å². The van der Waals surface area contributed by atoms with E-state index in [4.69, 9.17) is 14.7 Å². The third-order valence-electron chi connectivity index (χ3n) is 13.1. The Hall–Kier alpha value is -7.50. The highest BCUT2D eigenvalue weighted by Crippen LogP contribution is 2.51. The maximum absolute atomic E-state index is 6.91. The van der Waals surface area contributed by atoms with Crippen LogP contribution in [-0.4, -0.2) is 18.9 Å². The quantitative estimate of drug-likeness (QED) is 0.167. The molecule has 0 N–H and O–H groups in total. The minimum absolute atomic E-state index is 0.0171. The molecule has 304 valence electrons. The third kappa shape index (κ3) is 5.69. The number of fused-ring (bicyclic) bond motifs is 18. The molecule has 12 rings (SSSR count). The number of ether oxygens (including phenoxy) is 1. The van der Waals surface area contributed by atoms with Crippen molar-refractivity contribution in [3.05, 3.63) is 181 Å². The summed E-state index contributed by atoms with van der Waals surface area (Å²) in [6, 6.07) is 59.0. The molecule has 0 saturated heterocycles. The van der Waals surface area contributed by atoms with Crippen LogP contribution in [0.4, 0.5) is 0 Å². The highest BCUT2D eigenvalue weighted by molar-refractivity contribution is 6.15. The average Bonchev–Trinajstić information content (AvgIpc) is 3.84. The van der Waals surface area contributed by atoms with Crippen molar-refractivity contribution in [1.82, 2.24) is 18.9 Å². The largest absolute Gasteiger partial charge is 0.457 e. The van der Waals surface area contributed by atoms with Crippen LogP contribution in [0.2, 0.25) is 0 Å². The van der Waals surface area contributed by atoms with Gasteiger partial charge < -0.3 is 4.74 Å². The Kier molecular flexibility index (Phi) is 7.99. The SMILES string of the molecule is CC(C)(C)c1ccnc(-n2c3ccccc3c3ccc(Oc4ccc5c6ccccc6n6c7c(nc6c5c4)-c4c(cccc4C(C)(C)C)-c4ccccc4-c4ccccc4-7)cc32)c1. The second kappa shape index (κ2) is 13.5. The molecule has 0 fully saturated rings. The zero-order valence-electron chi connectivity index (χ0n) is 36.4. The Morgan fingerprint density at radius 2 is 1.05 bits per heavy atom. The number of rotatable bonds is 3. The van der Waals surface area contributed by atoms with Gasteiger partial charge in [-0.2, -0.15) is 0 Å². The minimum atomic E-state index is -0.143. The molecule has 1 aliphatic rings. The Morgan fingerprint density at radius 3 is 1.78 bits per heavy atom. The molecule has 5 nitrogen and oxygen atoms in total. The summed E-state index contributed by atoms with van der Waals surface area (Å²) in [5.74, 6) is 2.38. The van der Waals surface area contributed by atoms with Crippen molar-refractivity contribution in [2.75, 3.05) is 0 Å². The van der Waals surface area contributed by atoms with Gasteiger partial charge in [-0.3, -0.25) is 8.97 Å². The number of hydrogen-bond acceptors (Lipinski definition) is 3. The molecule has 0 bridgehead atoms. The van der Waals surface area contributed by atoms with Crippen LogP contribution in [0.1, 0.15) is 52.7 Å². The van der Waals surface area contributed by atoms with Crippen LogP contribution in [0.3, 0.4) is 0 Å². The van der Waals surface area contributed by atoms with Gasteiger partial charge in [-0.25, -0.2) is 9.97 Å². The van der Waals surface area contributed by atoms with Gasteiger partial charge in [0.1, 0.15) is 23.0 Å². The molecule has 63 heavy (non-hydrogen) atoms. The van der Waals surface area contributed by atoms with Crippen molar-refractivity contribution in [2.24, 2.45) is 0 Å². The number of imidazole rings is 1. The number of pyridine rings is 2. The lowest BCUT2D eigenvalue weighted by atomic mass is 9.77. The molecule has 5 heteroatoms. The molecule has 0 radical (unpaired) electrons. The average molecular weight is 815 g/mol. The van der Waals surface area contributed by atoms with Crippen molar-refractivity contribution in [1.29, 1.82) is 0 Å². The van der Waals surface area contributed by atoms with Crippen LogP contribution in [0.15, 0.2) is 170 Å². The van der Waals surface area contributed by atoms with E-state index >= 15 is 0 Å². The normalized spacial score (nSPS) is 12.6. The van der Waals surface area contributed by atoms with E-state index < -0.39 is 0 Å². The summed E-state index contributed by atoms with van der Waals surface area (Å²) in [6.07, 6.45) is 1.92. The first-order valence-electron chi connectivity index (χ1n) is 21.9. The van der Waals surface area contributed by atoms with Gasteiger partial charge in [0.05, 0.1) is 27.9 Å². The van der Waals surface area contributed by atoms with E-state index in [9.17, 15) is 0 Å². The molecule has 7 aromatic carbocycles. The molecular weight excluding hydrogens is 769 g/mol. The number of para-hydroxylation sites is 2. The Labute approximate surface area is 366 Å². The molecule has 4 aromatic heterocycles. The van der Waals surface area contributed by atoms with Gasteiger partial charge in [-0.15, -0.1) is 0 Å². The van der Waals surface area contributed by atoms with E-state index in [2.05, 4.69) is 214 Å². The van der Waals surface area contributed by atoms with Crippen molar-refractivity contribution in [3.63, 3.8) is 0 Å². The maximum Gasteiger partial charge on any atom is 0.146 e. The summed E-state index contributed by atoms with van der Waals surface area (Å²) < 4.78 is 11.6. The number of nitrogens with zero attached hydrogens (tertiary/aromatic N) is 4. The van der Waals surface area contributed by atoms with E-state index in [-0.39, 0.29) is 10.8 Å². The first kappa shape index (κ1) is 37.3. The Morgan fingerprint density at radius 1 is 0.460 bits per heavy atom. The number of benzene rings is 7. The number of hydrogen-bond donors (Lipinski definition) is 0. The van der Waals surface area contributed by atoms with Gasteiger partial charge in [0.25, 0.3) is 0 Å². The number of aromatic nitrogens is 4. The molecule has 0 spiro atoms. The molecular formula is C58H46N4O. The van der Waals surface area contributed by atoms with E-state index in [1.165, 1.54) is 44.3 Å². The van der Waals surface area contributed by atoms with Gasteiger partial charge in [-0.1, -0.05) is 145 Å². The fourth-order valence-corrected chi connectivity index (χ4v) is 10.1. The first-order chi connectivity index (χ1) is 30.5. The van der Waals surface area contributed by atoms with Crippen molar-refractivity contribution >= 4 is 49.1 Å². The predicted octanol–water partition coefficient (Wildman–Crippen LogP) is 15.5. The maximum atomic E-state index is 6.91. The molecule has 0 amide bonds. The van der Waals surface area contributed by atoms with E-state index in [1.807, 2.05) is 6.20 Å². The minimum Gasteiger partial charge on any atom is -0.457 e. The molecule has 4 heterocycles. The van der Waals surface area contributed by atoms with Crippen molar-refractivity contribution in [2.45, 2.75) is 52.4 Å². The topological polar surface area (TPSA) is 44.4 Å². The summed E-state index contributed by atoms with van der Waals surface area (Å²) in [7, 11) is 0. The van der Waals surface area contributed by atoms with Crippen LogP contribution in [0, 0.1) is 0 Å². The summed E-state index contributed by atoms with van der Waals surface area (Å²) in [5.41, 5.74) is 15.8. The highest BCUT2D eigenvalue weighted by atomic mass is 16.5. The second-order valence-corrected chi connectivity index (χ2v) is 19.0. The van der Waals surface area contributed by atoms with Gasteiger partial charge in [0, 0.05) is 44.9 Å². The van der Waals surface area contributed by atoms with Gasteiger partial charge in [-0.05, 0) is 104 Å². The standard InChI is InChI=1S/C58H46N4O/c1-57(2,3)35-30-31-59-52(32-35)61-49-24-13-12-20-43(49)44-29-27-37(34-51(44)61)63-36-26-28-41-42-19-11-14-25-50(42)62-55-46-21-10-9-18-40(46)38-16-7-8-17-39(38)45-22-15-23-48(58(4,5)6)53(45)54(55)60-56(62)47(41)33-36/h7-34H,1-6H3. The highest BCUT2D eigenvalue weighted by Gasteiger charge is 2.32.